The van der Waals surface area contributed by atoms with Crippen molar-refractivity contribution in [2.75, 3.05) is 0 Å². The molecule has 0 aliphatic carbocycles. The average Bonchev–Trinajstić information content (AvgIpc) is 1.87. The summed E-state index contributed by atoms with van der Waals surface area (Å²) in [4.78, 5) is 10.4. The van der Waals surface area contributed by atoms with Crippen molar-refractivity contribution in [3.63, 3.8) is 0 Å². The predicted molar refractivity (Wildman–Crippen MR) is 33.0 cm³/mol. The van der Waals surface area contributed by atoms with Crippen LogP contribution >= 0.6 is 12.6 Å². The monoisotopic (exact) mass is 182 g/mol. The van der Waals surface area contributed by atoms with Gasteiger partial charge in [-0.2, -0.15) is 0 Å². The minimum atomic E-state index is 0.284. The van der Waals surface area contributed by atoms with E-state index in [0.29, 0.717) is 9.93 Å². The molecule has 0 aromatic rings. The summed E-state index contributed by atoms with van der Waals surface area (Å²) >= 11 is 4.43. The quantitative estimate of drug-likeness (QED) is 0.421. The average molecular weight is 181 g/mol. The second-order valence-corrected chi connectivity index (χ2v) is 4.53. The summed E-state index contributed by atoms with van der Waals surface area (Å²) in [5.74, 6) is 0. The van der Waals surface area contributed by atoms with Crippen LogP contribution in [-0.2, 0) is 4.79 Å². The summed E-state index contributed by atoms with van der Waals surface area (Å²) in [6, 6.07) is 0. The zero-order valence-corrected chi connectivity index (χ0v) is 6.36. The van der Waals surface area contributed by atoms with Crippen LogP contribution in [0.3, 0.4) is 0 Å². The van der Waals surface area contributed by atoms with Gasteiger partial charge in [-0.25, -0.2) is 0 Å². The van der Waals surface area contributed by atoms with Gasteiger partial charge < -0.3 is 0 Å². The van der Waals surface area contributed by atoms with Crippen LogP contribution in [0.1, 0.15) is 6.42 Å². The zero-order valence-electron chi connectivity index (χ0n) is 3.76. The molecule has 0 N–H and O–H groups in total. The molecule has 0 aromatic carbocycles. The van der Waals surface area contributed by atoms with E-state index in [-0.39, 0.29) is 15.0 Å². The molecule has 1 fully saturated rings. The standard InChI is InChI=1S/C4H6OSSe/c5-4-1-3(6)2-7-4/h3,6H,1-2H2. The van der Waals surface area contributed by atoms with Crippen molar-refractivity contribution in [2.45, 2.75) is 17.0 Å². The Bertz CT molecular complexity index is 93.7. The van der Waals surface area contributed by atoms with Crippen LogP contribution in [0.25, 0.3) is 0 Å². The minimum absolute atomic E-state index is 0.284. The van der Waals surface area contributed by atoms with Crippen LogP contribution in [0.4, 0.5) is 0 Å². The molecule has 1 rings (SSSR count). The number of carbonyl (C=O) groups excluding carboxylic acids is 1. The van der Waals surface area contributed by atoms with Crippen molar-refractivity contribution in [3.05, 3.63) is 0 Å². The van der Waals surface area contributed by atoms with Gasteiger partial charge in [0.15, 0.2) is 0 Å². The van der Waals surface area contributed by atoms with Crippen LogP contribution in [0.5, 0.6) is 0 Å². The van der Waals surface area contributed by atoms with Crippen molar-refractivity contribution in [1.29, 1.82) is 0 Å². The molecule has 0 radical (unpaired) electrons. The van der Waals surface area contributed by atoms with Gasteiger partial charge in [-0.15, -0.1) is 0 Å². The zero-order chi connectivity index (χ0) is 5.28. The molecule has 1 aliphatic rings. The Morgan fingerprint density at radius 3 is 2.71 bits per heavy atom. The van der Waals surface area contributed by atoms with Crippen molar-refractivity contribution in [3.8, 4) is 0 Å². The van der Waals surface area contributed by atoms with Gasteiger partial charge in [0.25, 0.3) is 0 Å². The molecule has 7 heavy (non-hydrogen) atoms. The summed E-state index contributed by atoms with van der Waals surface area (Å²) in [6.07, 6.45) is 0.725. The third-order valence-electron chi connectivity index (χ3n) is 0.839. The van der Waals surface area contributed by atoms with E-state index in [1.54, 1.807) is 0 Å². The van der Waals surface area contributed by atoms with E-state index in [4.69, 9.17) is 0 Å². The first-order valence-electron chi connectivity index (χ1n) is 2.13. The molecular weight excluding hydrogens is 175 g/mol. The molecule has 1 nitrogen and oxygen atoms in total. The molecule has 0 saturated carbocycles. The molecule has 1 aliphatic heterocycles. The summed E-state index contributed by atoms with van der Waals surface area (Å²) in [7, 11) is 0. The molecule has 1 atom stereocenters. The molecule has 0 aromatic heterocycles. The van der Waals surface area contributed by atoms with Gasteiger partial charge in [0.2, 0.25) is 0 Å². The maximum absolute atomic E-state index is 10.4. The molecule has 1 unspecified atom stereocenters. The number of thiol groups is 1. The Hall–Kier alpha value is 0.539. The Labute approximate surface area is 54.4 Å². The van der Waals surface area contributed by atoms with Crippen molar-refractivity contribution in [1.82, 2.24) is 0 Å². The summed E-state index contributed by atoms with van der Waals surface area (Å²) in [5.41, 5.74) is 0. The first-order valence-corrected chi connectivity index (χ1v) is 4.71. The van der Waals surface area contributed by atoms with E-state index in [0.717, 1.165) is 11.7 Å². The normalized spacial score (nSPS) is 31.6. The topological polar surface area (TPSA) is 17.1 Å². The summed E-state index contributed by atoms with van der Waals surface area (Å²) in [6.45, 7) is 0. The fourth-order valence-electron chi connectivity index (χ4n) is 0.499. The molecule has 1 saturated heterocycles. The number of carbonyl (C=O) groups is 1. The van der Waals surface area contributed by atoms with Crippen molar-refractivity contribution < 1.29 is 4.79 Å². The fourth-order valence-corrected chi connectivity index (χ4v) is 3.04. The molecule has 0 spiro atoms. The SMILES string of the molecule is O=C1CC(S)C[Se]1. The number of rotatable bonds is 0. The Balaban J connectivity index is 2.40. The first kappa shape index (κ1) is 5.67. The van der Waals surface area contributed by atoms with Gasteiger partial charge in [-0.1, -0.05) is 0 Å². The molecule has 0 bridgehead atoms. The molecule has 1 heterocycles. The van der Waals surface area contributed by atoms with Gasteiger partial charge >= 0.3 is 54.1 Å². The van der Waals surface area contributed by atoms with Crippen LogP contribution in [-0.4, -0.2) is 24.9 Å². The second kappa shape index (κ2) is 2.21. The fraction of sp³-hybridized carbons (Fsp3) is 0.750. The summed E-state index contributed by atoms with van der Waals surface area (Å²) in [5, 5.41) is 1.45. The van der Waals surface area contributed by atoms with Gasteiger partial charge in [0, 0.05) is 0 Å². The third kappa shape index (κ3) is 1.48. The van der Waals surface area contributed by atoms with Gasteiger partial charge in [0.05, 0.1) is 0 Å². The van der Waals surface area contributed by atoms with Crippen LogP contribution in [0.2, 0.25) is 5.32 Å². The number of hydrogen-bond acceptors (Lipinski definition) is 2. The molecule has 3 heteroatoms. The van der Waals surface area contributed by atoms with E-state index in [9.17, 15) is 4.79 Å². The Morgan fingerprint density at radius 1 is 1.86 bits per heavy atom. The molecular formula is C4H6OSSe. The predicted octanol–water partition coefficient (Wildman–Crippen LogP) is 0.338. The molecule has 40 valence electrons. The van der Waals surface area contributed by atoms with Gasteiger partial charge in [-0.3, -0.25) is 0 Å². The van der Waals surface area contributed by atoms with E-state index >= 15 is 0 Å². The second-order valence-electron chi connectivity index (χ2n) is 1.54. The Morgan fingerprint density at radius 2 is 2.57 bits per heavy atom. The Kier molecular flexibility index (Phi) is 1.79. The molecule has 0 amide bonds. The van der Waals surface area contributed by atoms with Crippen LogP contribution < -0.4 is 0 Å². The summed E-state index contributed by atoms with van der Waals surface area (Å²) < 4.78 is 0.438. The first-order chi connectivity index (χ1) is 3.29. The van der Waals surface area contributed by atoms with Gasteiger partial charge in [-0.05, 0) is 0 Å². The van der Waals surface area contributed by atoms with E-state index in [1.807, 2.05) is 0 Å². The van der Waals surface area contributed by atoms with Crippen molar-refractivity contribution in [2.24, 2.45) is 0 Å². The van der Waals surface area contributed by atoms with Gasteiger partial charge in [0.1, 0.15) is 0 Å². The third-order valence-corrected chi connectivity index (χ3v) is 3.98. The van der Waals surface area contributed by atoms with Crippen LogP contribution in [0.15, 0.2) is 0 Å². The van der Waals surface area contributed by atoms with Crippen molar-refractivity contribution >= 4 is 32.3 Å². The van der Waals surface area contributed by atoms with E-state index in [2.05, 4.69) is 12.6 Å². The maximum atomic E-state index is 10.4. The van der Waals surface area contributed by atoms with Crippen LogP contribution in [0, 0.1) is 0 Å². The van der Waals surface area contributed by atoms with E-state index in [1.165, 1.54) is 0 Å². The number of hydrogen-bond donors (Lipinski definition) is 1. The van der Waals surface area contributed by atoms with E-state index < -0.39 is 0 Å².